The number of halogens is 1. The maximum Gasteiger partial charge on any atom is 0.341 e. The first-order valence-corrected chi connectivity index (χ1v) is 8.66. The Balaban J connectivity index is 1.52. The van der Waals surface area contributed by atoms with E-state index in [4.69, 9.17) is 9.47 Å². The average Bonchev–Trinajstić information content (AvgIpc) is 3.20. The Hall–Kier alpha value is -2.15. The Kier molecular flexibility index (Phi) is 2.99. The lowest BCUT2D eigenvalue weighted by atomic mass is 9.61. The summed E-state index contributed by atoms with van der Waals surface area (Å²) >= 11 is 0. The summed E-state index contributed by atoms with van der Waals surface area (Å²) < 4.78 is 26.3. The van der Waals surface area contributed by atoms with Gasteiger partial charge >= 0.3 is 5.97 Å². The highest BCUT2D eigenvalue weighted by Crippen LogP contribution is 2.58. The molecule has 7 heteroatoms. The monoisotopic (exact) mass is 346 g/mol. The summed E-state index contributed by atoms with van der Waals surface area (Å²) in [6, 6.07) is 1.69. The van der Waals surface area contributed by atoms with Crippen molar-refractivity contribution < 1.29 is 23.8 Å². The second kappa shape index (κ2) is 4.94. The van der Waals surface area contributed by atoms with Crippen molar-refractivity contribution in [2.24, 2.45) is 0 Å². The SMILES string of the molecule is O=C(O)c1cn2cc(C34COC(CF)(C3)C4)nc2cc1OC1CCC1. The molecule has 2 bridgehead atoms. The minimum Gasteiger partial charge on any atom is -0.489 e. The molecule has 0 spiro atoms. The van der Waals surface area contributed by atoms with Gasteiger partial charge in [-0.3, -0.25) is 0 Å². The van der Waals surface area contributed by atoms with Gasteiger partial charge in [0, 0.05) is 23.9 Å². The quantitative estimate of drug-likeness (QED) is 0.901. The van der Waals surface area contributed by atoms with Crippen molar-refractivity contribution >= 4 is 11.6 Å². The number of fused-ring (bicyclic) bond motifs is 2. The largest absolute Gasteiger partial charge is 0.489 e. The summed E-state index contributed by atoms with van der Waals surface area (Å²) in [6.07, 6.45) is 7.78. The molecule has 132 valence electrons. The van der Waals surface area contributed by atoms with Gasteiger partial charge in [-0.1, -0.05) is 0 Å². The number of carbonyl (C=O) groups is 1. The Morgan fingerprint density at radius 3 is 2.84 bits per heavy atom. The molecule has 6 rings (SSSR count). The van der Waals surface area contributed by atoms with Crippen molar-refractivity contribution in [3.63, 3.8) is 0 Å². The van der Waals surface area contributed by atoms with Crippen LogP contribution < -0.4 is 4.74 Å². The normalized spacial score (nSPS) is 30.9. The van der Waals surface area contributed by atoms with Gasteiger partial charge in [0.15, 0.2) is 0 Å². The number of carboxylic acid groups (broad SMARTS) is 1. The Morgan fingerprint density at radius 1 is 1.44 bits per heavy atom. The molecule has 6 nitrogen and oxygen atoms in total. The zero-order chi connectivity index (χ0) is 17.2. The molecule has 25 heavy (non-hydrogen) atoms. The number of hydrogen-bond acceptors (Lipinski definition) is 4. The standard InChI is InChI=1S/C18H19FN2O4/c19-9-18-7-17(8-18,10-24-18)14-6-21-5-12(16(22)23)13(4-15(21)20-14)25-11-2-1-3-11/h4-6,11H,1-3,7-10H2,(H,22,23). The van der Waals surface area contributed by atoms with Gasteiger partial charge in [-0.25, -0.2) is 14.2 Å². The van der Waals surface area contributed by atoms with Crippen LogP contribution in [0, 0.1) is 0 Å². The fourth-order valence-corrected chi connectivity index (χ4v) is 4.26. The number of rotatable bonds is 5. The van der Waals surface area contributed by atoms with E-state index in [0.717, 1.165) is 25.0 Å². The highest BCUT2D eigenvalue weighted by molar-refractivity contribution is 5.91. The molecular formula is C18H19FN2O4. The van der Waals surface area contributed by atoms with Gasteiger partial charge in [-0.05, 0) is 32.1 Å². The molecular weight excluding hydrogens is 327 g/mol. The summed E-state index contributed by atoms with van der Waals surface area (Å²) in [7, 11) is 0. The van der Waals surface area contributed by atoms with Gasteiger partial charge in [0.1, 0.15) is 23.6 Å². The van der Waals surface area contributed by atoms with E-state index in [1.165, 1.54) is 0 Å². The van der Waals surface area contributed by atoms with Gasteiger partial charge in [0.2, 0.25) is 0 Å². The molecule has 1 N–H and O–H groups in total. The third-order valence-electron chi connectivity index (χ3n) is 5.89. The van der Waals surface area contributed by atoms with Crippen LogP contribution in [-0.4, -0.2) is 45.4 Å². The van der Waals surface area contributed by atoms with Crippen molar-refractivity contribution in [2.45, 2.75) is 49.2 Å². The van der Waals surface area contributed by atoms with Crippen LogP contribution in [0.1, 0.15) is 48.2 Å². The fraction of sp³-hybridized carbons (Fsp3) is 0.556. The van der Waals surface area contributed by atoms with Crippen LogP contribution in [-0.2, 0) is 10.2 Å². The van der Waals surface area contributed by atoms with E-state index in [9.17, 15) is 14.3 Å². The molecule has 0 aromatic carbocycles. The number of ether oxygens (including phenoxy) is 2. The minimum atomic E-state index is -1.02. The first-order valence-electron chi connectivity index (χ1n) is 8.66. The third kappa shape index (κ3) is 2.11. The maximum atomic E-state index is 13.1. The predicted molar refractivity (Wildman–Crippen MR) is 86.0 cm³/mol. The molecule has 2 saturated heterocycles. The van der Waals surface area contributed by atoms with E-state index in [0.29, 0.717) is 30.8 Å². The zero-order valence-electron chi connectivity index (χ0n) is 13.7. The van der Waals surface area contributed by atoms with Crippen molar-refractivity contribution in [3.05, 3.63) is 29.7 Å². The number of alkyl halides is 1. The van der Waals surface area contributed by atoms with E-state index >= 15 is 0 Å². The molecule has 4 fully saturated rings. The highest BCUT2D eigenvalue weighted by Gasteiger charge is 2.64. The smallest absolute Gasteiger partial charge is 0.341 e. The van der Waals surface area contributed by atoms with Gasteiger partial charge in [0.25, 0.3) is 0 Å². The van der Waals surface area contributed by atoms with Crippen LogP contribution in [0.4, 0.5) is 4.39 Å². The van der Waals surface area contributed by atoms with E-state index in [1.54, 1.807) is 16.7 Å². The lowest BCUT2D eigenvalue weighted by Crippen LogP contribution is -2.48. The zero-order valence-corrected chi connectivity index (χ0v) is 13.7. The number of aromatic nitrogens is 2. The maximum absolute atomic E-state index is 13.1. The van der Waals surface area contributed by atoms with Gasteiger partial charge in [-0.2, -0.15) is 0 Å². The van der Waals surface area contributed by atoms with Crippen LogP contribution in [0.5, 0.6) is 5.75 Å². The number of aromatic carboxylic acids is 1. The highest BCUT2D eigenvalue weighted by atomic mass is 19.1. The second-order valence-corrected chi connectivity index (χ2v) is 7.66. The molecule has 2 aromatic heterocycles. The molecule has 2 aliphatic heterocycles. The molecule has 0 amide bonds. The Bertz CT molecular complexity index is 867. The molecule has 0 unspecified atom stereocenters. The molecule has 4 heterocycles. The first kappa shape index (κ1) is 15.1. The van der Waals surface area contributed by atoms with Crippen molar-refractivity contribution in [2.75, 3.05) is 13.3 Å². The summed E-state index contributed by atoms with van der Waals surface area (Å²) in [5.74, 6) is -0.650. The Labute approximate surface area is 143 Å². The topological polar surface area (TPSA) is 73.1 Å². The van der Waals surface area contributed by atoms with Crippen molar-refractivity contribution in [1.82, 2.24) is 9.38 Å². The number of imidazole rings is 1. The lowest BCUT2D eigenvalue weighted by Gasteiger charge is -2.41. The minimum absolute atomic E-state index is 0.0913. The molecule has 2 saturated carbocycles. The Morgan fingerprint density at radius 2 is 2.24 bits per heavy atom. The summed E-state index contributed by atoms with van der Waals surface area (Å²) in [5.41, 5.74) is 0.756. The second-order valence-electron chi connectivity index (χ2n) is 7.66. The number of carboxylic acids is 1. The fourth-order valence-electron chi connectivity index (χ4n) is 4.26. The lowest BCUT2D eigenvalue weighted by molar-refractivity contribution is -0.0235. The van der Waals surface area contributed by atoms with Gasteiger partial charge < -0.3 is 19.0 Å². The van der Waals surface area contributed by atoms with Gasteiger partial charge in [-0.15, -0.1) is 0 Å². The number of nitrogens with zero attached hydrogens (tertiary/aromatic N) is 2. The van der Waals surface area contributed by atoms with Crippen LogP contribution >= 0.6 is 0 Å². The van der Waals surface area contributed by atoms with Crippen LogP contribution in [0.15, 0.2) is 18.5 Å². The van der Waals surface area contributed by atoms with Crippen LogP contribution in [0.3, 0.4) is 0 Å². The number of hydrogen-bond donors (Lipinski definition) is 1. The van der Waals surface area contributed by atoms with E-state index < -0.39 is 18.2 Å². The van der Waals surface area contributed by atoms with Crippen LogP contribution in [0.2, 0.25) is 0 Å². The van der Waals surface area contributed by atoms with Crippen molar-refractivity contribution in [1.29, 1.82) is 0 Å². The van der Waals surface area contributed by atoms with Crippen molar-refractivity contribution in [3.8, 4) is 5.75 Å². The molecule has 0 radical (unpaired) electrons. The van der Waals surface area contributed by atoms with Crippen LogP contribution in [0.25, 0.3) is 5.65 Å². The molecule has 2 aromatic rings. The summed E-state index contributed by atoms with van der Waals surface area (Å²) in [4.78, 5) is 16.3. The number of pyridine rings is 1. The molecule has 4 aliphatic rings. The summed E-state index contributed by atoms with van der Waals surface area (Å²) in [6.45, 7) is 0.00266. The first-order chi connectivity index (χ1) is 12.0. The van der Waals surface area contributed by atoms with E-state index in [-0.39, 0.29) is 17.1 Å². The molecule has 2 aliphatic carbocycles. The summed E-state index contributed by atoms with van der Waals surface area (Å²) in [5, 5.41) is 9.50. The predicted octanol–water partition coefficient (Wildman–Crippen LogP) is 2.73. The van der Waals surface area contributed by atoms with Gasteiger partial charge in [0.05, 0.1) is 24.0 Å². The van der Waals surface area contributed by atoms with E-state index in [1.807, 2.05) is 6.20 Å². The van der Waals surface area contributed by atoms with E-state index in [2.05, 4.69) is 4.98 Å². The molecule has 0 atom stereocenters. The third-order valence-corrected chi connectivity index (χ3v) is 5.89. The average molecular weight is 346 g/mol.